The molecule has 1 aliphatic heterocycles. The Morgan fingerprint density at radius 2 is 1.81 bits per heavy atom. The van der Waals surface area contributed by atoms with Crippen molar-refractivity contribution in [3.05, 3.63) is 70.2 Å². The first-order valence-electron chi connectivity index (χ1n) is 9.48. The zero-order valence-electron chi connectivity index (χ0n) is 15.4. The van der Waals surface area contributed by atoms with Crippen LogP contribution in [0.1, 0.15) is 53.2 Å². The Morgan fingerprint density at radius 1 is 1.08 bits per heavy atom. The van der Waals surface area contributed by atoms with E-state index in [0.29, 0.717) is 12.1 Å². The van der Waals surface area contributed by atoms with Crippen molar-refractivity contribution in [3.8, 4) is 0 Å². The van der Waals surface area contributed by atoms with Crippen molar-refractivity contribution in [2.75, 3.05) is 19.6 Å². The van der Waals surface area contributed by atoms with Crippen LogP contribution < -0.4 is 5.32 Å². The third kappa shape index (κ3) is 4.87. The van der Waals surface area contributed by atoms with E-state index in [9.17, 15) is 4.79 Å². The molecule has 3 nitrogen and oxygen atoms in total. The minimum atomic E-state index is -0.0272. The summed E-state index contributed by atoms with van der Waals surface area (Å²) in [6.45, 7) is 4.67. The molecule has 1 atom stereocenters. The van der Waals surface area contributed by atoms with Crippen LogP contribution in [0.15, 0.2) is 48.5 Å². The summed E-state index contributed by atoms with van der Waals surface area (Å²) in [6.07, 6.45) is 4.96. The summed E-state index contributed by atoms with van der Waals surface area (Å²) in [5, 5.41) is 3.90. The van der Waals surface area contributed by atoms with Crippen LogP contribution in [-0.4, -0.2) is 30.4 Å². The van der Waals surface area contributed by atoms with E-state index in [1.165, 1.54) is 25.7 Å². The van der Waals surface area contributed by atoms with E-state index in [4.69, 9.17) is 11.6 Å². The summed E-state index contributed by atoms with van der Waals surface area (Å²) < 4.78 is 0. The molecule has 1 N–H and O–H groups in total. The first kappa shape index (κ1) is 18.9. The first-order chi connectivity index (χ1) is 12.6. The fourth-order valence-corrected chi connectivity index (χ4v) is 3.93. The third-order valence-corrected chi connectivity index (χ3v) is 5.43. The maximum Gasteiger partial charge on any atom is 0.251 e. The first-order valence-corrected chi connectivity index (χ1v) is 9.86. The highest BCUT2D eigenvalue weighted by atomic mass is 35.5. The molecule has 26 heavy (non-hydrogen) atoms. The monoisotopic (exact) mass is 370 g/mol. The van der Waals surface area contributed by atoms with E-state index < -0.39 is 0 Å². The zero-order valence-corrected chi connectivity index (χ0v) is 16.1. The van der Waals surface area contributed by atoms with Gasteiger partial charge in [0.05, 0.1) is 6.04 Å². The second-order valence-electron chi connectivity index (χ2n) is 7.07. The Balaban J connectivity index is 1.77. The van der Waals surface area contributed by atoms with Gasteiger partial charge in [-0.15, -0.1) is 0 Å². The normalized spacial score (nSPS) is 16.7. The summed E-state index contributed by atoms with van der Waals surface area (Å²) in [5.74, 6) is -0.0272. The number of aryl methyl sites for hydroxylation is 1. The van der Waals surface area contributed by atoms with Crippen molar-refractivity contribution >= 4 is 17.5 Å². The van der Waals surface area contributed by atoms with Crippen LogP contribution in [0.3, 0.4) is 0 Å². The van der Waals surface area contributed by atoms with Crippen molar-refractivity contribution in [2.45, 2.75) is 38.6 Å². The number of carbonyl (C=O) groups excluding carboxylic acids is 1. The second-order valence-corrected chi connectivity index (χ2v) is 7.47. The molecular weight excluding hydrogens is 344 g/mol. The summed E-state index contributed by atoms with van der Waals surface area (Å²) in [7, 11) is 0. The van der Waals surface area contributed by atoms with Gasteiger partial charge >= 0.3 is 0 Å². The summed E-state index contributed by atoms with van der Waals surface area (Å²) >= 11 is 6.49. The molecular formula is C22H27ClN2O. The molecule has 1 fully saturated rings. The van der Waals surface area contributed by atoms with Gasteiger partial charge in [0.15, 0.2) is 0 Å². The molecule has 1 amide bonds. The van der Waals surface area contributed by atoms with Crippen LogP contribution in [0.25, 0.3) is 0 Å². The summed E-state index contributed by atoms with van der Waals surface area (Å²) in [5.41, 5.74) is 2.90. The Kier molecular flexibility index (Phi) is 6.70. The lowest BCUT2D eigenvalue weighted by Crippen LogP contribution is -2.38. The van der Waals surface area contributed by atoms with Crippen molar-refractivity contribution < 1.29 is 4.79 Å². The van der Waals surface area contributed by atoms with Crippen molar-refractivity contribution in [1.82, 2.24) is 10.2 Å². The molecule has 1 aliphatic rings. The number of halogens is 1. The van der Waals surface area contributed by atoms with E-state index in [-0.39, 0.29) is 11.9 Å². The SMILES string of the molecule is Cc1cccc(C(=O)NC[C@H](c2ccccc2Cl)N2CCCCCC2)c1. The van der Waals surface area contributed by atoms with E-state index >= 15 is 0 Å². The number of hydrogen-bond acceptors (Lipinski definition) is 2. The lowest BCUT2D eigenvalue weighted by atomic mass is 10.0. The third-order valence-electron chi connectivity index (χ3n) is 5.08. The largest absolute Gasteiger partial charge is 0.350 e. The van der Waals surface area contributed by atoms with Crippen molar-refractivity contribution in [3.63, 3.8) is 0 Å². The molecule has 1 saturated heterocycles. The summed E-state index contributed by atoms with van der Waals surface area (Å²) in [6, 6.07) is 15.8. The number of amides is 1. The summed E-state index contributed by atoms with van der Waals surface area (Å²) in [4.78, 5) is 15.1. The second kappa shape index (κ2) is 9.20. The van der Waals surface area contributed by atoms with Crippen LogP contribution in [0.4, 0.5) is 0 Å². The molecule has 0 bridgehead atoms. The zero-order chi connectivity index (χ0) is 18.4. The fraction of sp³-hybridized carbons (Fsp3) is 0.409. The molecule has 2 aromatic rings. The highest BCUT2D eigenvalue weighted by Crippen LogP contribution is 2.29. The lowest BCUT2D eigenvalue weighted by Gasteiger charge is -2.31. The number of nitrogens with one attached hydrogen (secondary N) is 1. The van der Waals surface area contributed by atoms with Gasteiger partial charge in [-0.3, -0.25) is 9.69 Å². The molecule has 138 valence electrons. The van der Waals surface area contributed by atoms with Gasteiger partial charge in [-0.25, -0.2) is 0 Å². The molecule has 3 rings (SSSR count). The highest BCUT2D eigenvalue weighted by Gasteiger charge is 2.24. The van der Waals surface area contributed by atoms with Crippen LogP contribution >= 0.6 is 11.6 Å². The maximum atomic E-state index is 12.6. The van der Waals surface area contributed by atoms with Crippen molar-refractivity contribution in [2.24, 2.45) is 0 Å². The number of likely N-dealkylation sites (tertiary alicyclic amines) is 1. The molecule has 0 aliphatic carbocycles. The van der Waals surface area contributed by atoms with Gasteiger partial charge in [-0.2, -0.15) is 0 Å². The minimum absolute atomic E-state index is 0.0272. The van der Waals surface area contributed by atoms with Crippen LogP contribution in [0.5, 0.6) is 0 Å². The standard InChI is InChI=1S/C22H27ClN2O/c1-17-9-8-10-18(15-17)22(26)24-16-21(19-11-4-5-12-20(19)23)25-13-6-2-3-7-14-25/h4-5,8-12,15,21H,2-3,6-7,13-14,16H2,1H3,(H,24,26)/t21-/m1/s1. The van der Waals surface area contributed by atoms with Crippen LogP contribution in [0.2, 0.25) is 5.02 Å². The number of benzene rings is 2. The molecule has 4 heteroatoms. The smallest absolute Gasteiger partial charge is 0.251 e. The van der Waals surface area contributed by atoms with E-state index in [1.807, 2.05) is 49.4 Å². The van der Waals surface area contributed by atoms with Crippen LogP contribution in [-0.2, 0) is 0 Å². The van der Waals surface area contributed by atoms with E-state index in [0.717, 1.165) is 29.2 Å². The topological polar surface area (TPSA) is 32.3 Å². The van der Waals surface area contributed by atoms with Crippen molar-refractivity contribution in [1.29, 1.82) is 0 Å². The number of rotatable bonds is 5. The van der Waals surface area contributed by atoms with Gasteiger partial charge in [0.2, 0.25) is 0 Å². The Bertz CT molecular complexity index is 738. The van der Waals surface area contributed by atoms with Crippen LogP contribution in [0, 0.1) is 6.92 Å². The predicted molar refractivity (Wildman–Crippen MR) is 108 cm³/mol. The number of hydrogen-bond donors (Lipinski definition) is 1. The van der Waals surface area contributed by atoms with E-state index in [2.05, 4.69) is 16.3 Å². The highest BCUT2D eigenvalue weighted by molar-refractivity contribution is 6.31. The molecule has 1 heterocycles. The molecule has 0 aromatic heterocycles. The van der Waals surface area contributed by atoms with Gasteiger partial charge in [-0.05, 0) is 56.6 Å². The Labute approximate surface area is 161 Å². The van der Waals surface area contributed by atoms with Gasteiger partial charge in [-0.1, -0.05) is 60.3 Å². The number of carbonyl (C=O) groups is 1. The molecule has 0 radical (unpaired) electrons. The molecule has 0 saturated carbocycles. The predicted octanol–water partition coefficient (Wildman–Crippen LogP) is 5.00. The number of nitrogens with zero attached hydrogens (tertiary/aromatic N) is 1. The Morgan fingerprint density at radius 3 is 2.50 bits per heavy atom. The fourth-order valence-electron chi connectivity index (χ4n) is 3.67. The van der Waals surface area contributed by atoms with Gasteiger partial charge in [0, 0.05) is 17.1 Å². The maximum absolute atomic E-state index is 12.6. The average molecular weight is 371 g/mol. The van der Waals surface area contributed by atoms with Gasteiger partial charge in [0.25, 0.3) is 5.91 Å². The Hall–Kier alpha value is -1.84. The quantitative estimate of drug-likeness (QED) is 0.803. The minimum Gasteiger partial charge on any atom is -0.350 e. The molecule has 2 aromatic carbocycles. The average Bonchev–Trinajstić information content (AvgIpc) is 2.92. The van der Waals surface area contributed by atoms with Gasteiger partial charge < -0.3 is 5.32 Å². The molecule has 0 unspecified atom stereocenters. The van der Waals surface area contributed by atoms with Gasteiger partial charge in [0.1, 0.15) is 0 Å². The molecule has 0 spiro atoms. The lowest BCUT2D eigenvalue weighted by molar-refractivity contribution is 0.0933. The van der Waals surface area contributed by atoms with E-state index in [1.54, 1.807) is 0 Å².